The predicted octanol–water partition coefficient (Wildman–Crippen LogP) is 5.03. The molecule has 0 aliphatic carbocycles. The van der Waals surface area contributed by atoms with Gasteiger partial charge in [0.05, 0.1) is 20.8 Å². The second-order valence-electron chi connectivity index (χ2n) is 6.47. The first-order chi connectivity index (χ1) is 13.7. The molecule has 0 amide bonds. The van der Waals surface area contributed by atoms with E-state index >= 15 is 0 Å². The Morgan fingerprint density at radius 2 is 1.83 bits per heavy atom. The van der Waals surface area contributed by atoms with Gasteiger partial charge in [-0.3, -0.25) is 9.79 Å². The molecule has 0 aromatic heterocycles. The van der Waals surface area contributed by atoms with Crippen LogP contribution in [0.25, 0.3) is 0 Å². The minimum absolute atomic E-state index is 0. The molecular formula is C22H27BrN2O3S. The number of hydrogen-bond donors (Lipinski definition) is 0. The van der Waals surface area contributed by atoms with Crippen molar-refractivity contribution in [1.82, 2.24) is 0 Å². The van der Waals surface area contributed by atoms with E-state index in [0.29, 0.717) is 17.1 Å². The van der Waals surface area contributed by atoms with Crippen molar-refractivity contribution in [1.29, 1.82) is 0 Å². The number of halogens is 1. The van der Waals surface area contributed by atoms with Gasteiger partial charge in [-0.25, -0.2) is 0 Å². The van der Waals surface area contributed by atoms with E-state index in [1.165, 1.54) is 5.56 Å². The quantitative estimate of drug-likeness (QED) is 0.522. The van der Waals surface area contributed by atoms with Crippen molar-refractivity contribution in [2.45, 2.75) is 19.8 Å². The van der Waals surface area contributed by atoms with Crippen LogP contribution in [0.5, 0.6) is 11.5 Å². The number of ether oxygens (including phenoxy) is 2. The van der Waals surface area contributed by atoms with Gasteiger partial charge in [-0.1, -0.05) is 43.0 Å². The monoisotopic (exact) mass is 478 g/mol. The van der Waals surface area contributed by atoms with Crippen molar-refractivity contribution >= 4 is 45.4 Å². The Balaban J connectivity index is 0.00000300. The maximum atomic E-state index is 13.0. The number of amidine groups is 1. The first-order valence-electron chi connectivity index (χ1n) is 9.45. The maximum Gasteiger partial charge on any atom is 0.182 e. The molecule has 2 aromatic carbocycles. The van der Waals surface area contributed by atoms with Crippen LogP contribution in [0.15, 0.2) is 47.5 Å². The number of aryl methyl sites for hydroxylation is 1. The Hall–Kier alpha value is -1.99. The van der Waals surface area contributed by atoms with Gasteiger partial charge in [0.15, 0.2) is 22.4 Å². The third-order valence-corrected chi connectivity index (χ3v) is 5.78. The van der Waals surface area contributed by atoms with Gasteiger partial charge in [-0.2, -0.15) is 0 Å². The van der Waals surface area contributed by atoms with Gasteiger partial charge in [0, 0.05) is 29.6 Å². The fraction of sp³-hybridized carbons (Fsp3) is 0.364. The van der Waals surface area contributed by atoms with E-state index in [4.69, 9.17) is 9.47 Å². The van der Waals surface area contributed by atoms with Crippen LogP contribution in [0.2, 0.25) is 0 Å². The van der Waals surface area contributed by atoms with Crippen molar-refractivity contribution in [3.8, 4) is 11.5 Å². The highest BCUT2D eigenvalue weighted by molar-refractivity contribution is 8.93. The molecule has 7 heteroatoms. The SMILES string of the molecule is Br.CCc1ccc(C(=O)CN(C2=NCCCS2)c2ccc(OC)c(OC)c2)cc1. The summed E-state index contributed by atoms with van der Waals surface area (Å²) < 4.78 is 10.8. The fourth-order valence-electron chi connectivity index (χ4n) is 3.04. The van der Waals surface area contributed by atoms with E-state index in [1.807, 2.05) is 47.4 Å². The second-order valence-corrected chi connectivity index (χ2v) is 7.53. The number of hydrogen-bond acceptors (Lipinski definition) is 6. The fourth-order valence-corrected chi connectivity index (χ4v) is 4.00. The summed E-state index contributed by atoms with van der Waals surface area (Å²) in [4.78, 5) is 19.6. The Kier molecular flexibility index (Phi) is 9.04. The molecule has 29 heavy (non-hydrogen) atoms. The first kappa shape index (κ1) is 23.3. The van der Waals surface area contributed by atoms with Crippen molar-refractivity contribution < 1.29 is 14.3 Å². The summed E-state index contributed by atoms with van der Waals surface area (Å²) in [5, 5.41) is 0.872. The van der Waals surface area contributed by atoms with Crippen LogP contribution in [-0.4, -0.2) is 44.0 Å². The number of aliphatic imine (C=N–C) groups is 1. The lowest BCUT2D eigenvalue weighted by molar-refractivity contribution is 0.100. The lowest BCUT2D eigenvalue weighted by Gasteiger charge is -2.27. The number of Topliss-reactive ketones (excluding diaryl/α,β-unsaturated/α-hetero) is 1. The lowest BCUT2D eigenvalue weighted by atomic mass is 10.1. The van der Waals surface area contributed by atoms with Crippen LogP contribution in [0.3, 0.4) is 0 Å². The summed E-state index contributed by atoms with van der Waals surface area (Å²) in [5.41, 5.74) is 2.80. The van der Waals surface area contributed by atoms with Gasteiger partial charge < -0.3 is 14.4 Å². The third kappa shape index (κ3) is 5.76. The lowest BCUT2D eigenvalue weighted by Crippen LogP contribution is -2.35. The average molecular weight is 479 g/mol. The standard InChI is InChI=1S/C22H26N2O3S.BrH/c1-4-16-6-8-17(9-7-16)19(25)15-24(22-23-12-5-13-28-22)18-10-11-20(26-2)21(14-18)27-3;/h6-11,14H,4-5,12-13,15H2,1-3H3;1H. The van der Waals surface area contributed by atoms with E-state index in [1.54, 1.807) is 26.0 Å². The average Bonchev–Trinajstić information content (AvgIpc) is 2.77. The van der Waals surface area contributed by atoms with E-state index in [9.17, 15) is 4.79 Å². The smallest absolute Gasteiger partial charge is 0.182 e. The molecule has 5 nitrogen and oxygen atoms in total. The highest BCUT2D eigenvalue weighted by Crippen LogP contribution is 2.33. The normalized spacial score (nSPS) is 13.1. The van der Waals surface area contributed by atoms with Gasteiger partial charge in [-0.15, -0.1) is 17.0 Å². The zero-order chi connectivity index (χ0) is 19.9. The summed E-state index contributed by atoms with van der Waals surface area (Å²) in [5.74, 6) is 2.35. The second kappa shape index (κ2) is 11.3. The van der Waals surface area contributed by atoms with Gasteiger partial charge in [-0.05, 0) is 30.5 Å². The van der Waals surface area contributed by atoms with Crippen LogP contribution >= 0.6 is 28.7 Å². The number of thioether (sulfide) groups is 1. The number of benzene rings is 2. The van der Waals surface area contributed by atoms with E-state index in [2.05, 4.69) is 11.9 Å². The maximum absolute atomic E-state index is 13.0. The van der Waals surface area contributed by atoms with Crippen LogP contribution < -0.4 is 14.4 Å². The highest BCUT2D eigenvalue weighted by Gasteiger charge is 2.22. The minimum Gasteiger partial charge on any atom is -0.493 e. The summed E-state index contributed by atoms with van der Waals surface area (Å²) in [6.07, 6.45) is 2.01. The zero-order valence-corrected chi connectivity index (χ0v) is 19.5. The molecule has 0 radical (unpaired) electrons. The zero-order valence-electron chi connectivity index (χ0n) is 17.0. The van der Waals surface area contributed by atoms with E-state index in [0.717, 1.165) is 36.0 Å². The van der Waals surface area contributed by atoms with E-state index in [-0.39, 0.29) is 29.3 Å². The Bertz CT molecular complexity index is 856. The molecule has 0 N–H and O–H groups in total. The first-order valence-corrected chi connectivity index (χ1v) is 10.4. The van der Waals surface area contributed by atoms with Crippen LogP contribution in [0, 0.1) is 0 Å². The number of rotatable bonds is 7. The van der Waals surface area contributed by atoms with Gasteiger partial charge in [0.1, 0.15) is 0 Å². The molecule has 1 aliphatic rings. The number of carbonyl (C=O) groups excluding carboxylic acids is 1. The third-order valence-electron chi connectivity index (χ3n) is 4.68. The number of ketones is 1. The molecule has 0 saturated carbocycles. The Labute approximate surface area is 187 Å². The molecule has 3 rings (SSSR count). The molecule has 0 bridgehead atoms. The Morgan fingerprint density at radius 3 is 2.41 bits per heavy atom. The summed E-state index contributed by atoms with van der Waals surface area (Å²) in [6.45, 7) is 3.12. The molecule has 0 spiro atoms. The van der Waals surface area contributed by atoms with Crippen LogP contribution in [0.4, 0.5) is 5.69 Å². The van der Waals surface area contributed by atoms with Crippen LogP contribution in [0.1, 0.15) is 29.3 Å². The molecule has 2 aromatic rings. The highest BCUT2D eigenvalue weighted by atomic mass is 79.9. The largest absolute Gasteiger partial charge is 0.493 e. The van der Waals surface area contributed by atoms with Crippen molar-refractivity contribution in [3.05, 3.63) is 53.6 Å². The minimum atomic E-state index is 0. The molecule has 0 fully saturated rings. The van der Waals surface area contributed by atoms with E-state index < -0.39 is 0 Å². The summed E-state index contributed by atoms with van der Waals surface area (Å²) in [6, 6.07) is 13.5. The number of anilines is 1. The molecule has 0 unspecified atom stereocenters. The molecule has 0 atom stereocenters. The molecule has 1 aliphatic heterocycles. The van der Waals surface area contributed by atoms with Gasteiger partial charge in [0.2, 0.25) is 0 Å². The molecule has 1 heterocycles. The predicted molar refractivity (Wildman–Crippen MR) is 127 cm³/mol. The van der Waals surface area contributed by atoms with Crippen molar-refractivity contribution in [2.75, 3.05) is 38.0 Å². The van der Waals surface area contributed by atoms with Crippen LogP contribution in [-0.2, 0) is 6.42 Å². The number of carbonyl (C=O) groups is 1. The molecular weight excluding hydrogens is 452 g/mol. The summed E-state index contributed by atoms with van der Waals surface area (Å²) in [7, 11) is 3.22. The number of methoxy groups -OCH3 is 2. The molecule has 0 saturated heterocycles. The Morgan fingerprint density at radius 1 is 1.10 bits per heavy atom. The van der Waals surface area contributed by atoms with Crippen molar-refractivity contribution in [3.63, 3.8) is 0 Å². The van der Waals surface area contributed by atoms with Gasteiger partial charge in [0.25, 0.3) is 0 Å². The summed E-state index contributed by atoms with van der Waals surface area (Å²) >= 11 is 1.68. The molecule has 156 valence electrons. The number of nitrogens with zero attached hydrogens (tertiary/aromatic N) is 2. The van der Waals surface area contributed by atoms with Gasteiger partial charge >= 0.3 is 0 Å². The van der Waals surface area contributed by atoms with Crippen molar-refractivity contribution in [2.24, 2.45) is 4.99 Å². The topological polar surface area (TPSA) is 51.1 Å².